The predicted molar refractivity (Wildman–Crippen MR) is 84.6 cm³/mol. The molecule has 0 aromatic carbocycles. The maximum atomic E-state index is 12.1. The third kappa shape index (κ3) is 5.67. The average molecular weight is 312 g/mol. The van der Waals surface area contributed by atoms with Crippen molar-refractivity contribution in [3.05, 3.63) is 12.7 Å². The second-order valence-corrected chi connectivity index (χ2v) is 6.82. The standard InChI is InChI=1S/C16H28N2O4/c1-6-13(19)17-11-16(12-21-5)7-9-18(10-8-16)14(20)22-15(2,3)4/h6H,1,7-12H2,2-5H3,(H,17,19). The number of nitrogens with zero attached hydrogens (tertiary/aromatic N) is 1. The van der Waals surface area contributed by atoms with Gasteiger partial charge >= 0.3 is 6.09 Å². The third-order valence-corrected chi connectivity index (χ3v) is 3.75. The molecule has 0 spiro atoms. The normalized spacial score (nSPS) is 17.7. The van der Waals surface area contributed by atoms with Crippen molar-refractivity contribution in [1.82, 2.24) is 10.2 Å². The SMILES string of the molecule is C=CC(=O)NCC1(COC)CCN(C(=O)OC(C)(C)C)CC1. The Morgan fingerprint density at radius 3 is 2.36 bits per heavy atom. The van der Waals surface area contributed by atoms with Crippen molar-refractivity contribution in [3.8, 4) is 0 Å². The molecule has 126 valence electrons. The van der Waals surface area contributed by atoms with Gasteiger partial charge in [0.1, 0.15) is 5.60 Å². The number of hydrogen-bond donors (Lipinski definition) is 1. The van der Waals surface area contributed by atoms with E-state index < -0.39 is 5.60 Å². The average Bonchev–Trinajstić information content (AvgIpc) is 2.44. The number of nitrogens with one attached hydrogen (secondary N) is 1. The van der Waals surface area contributed by atoms with Gasteiger partial charge in [-0.2, -0.15) is 0 Å². The van der Waals surface area contributed by atoms with Crippen molar-refractivity contribution in [2.24, 2.45) is 5.41 Å². The van der Waals surface area contributed by atoms with Gasteiger partial charge in [-0.05, 0) is 39.7 Å². The van der Waals surface area contributed by atoms with Crippen LogP contribution in [-0.2, 0) is 14.3 Å². The Hall–Kier alpha value is -1.56. The highest BCUT2D eigenvalue weighted by Crippen LogP contribution is 2.31. The van der Waals surface area contributed by atoms with Crippen molar-refractivity contribution in [1.29, 1.82) is 0 Å². The molecule has 0 radical (unpaired) electrons. The molecular formula is C16H28N2O4. The number of hydrogen-bond acceptors (Lipinski definition) is 4. The zero-order chi connectivity index (χ0) is 16.8. The van der Waals surface area contributed by atoms with E-state index in [1.165, 1.54) is 6.08 Å². The minimum atomic E-state index is -0.490. The molecule has 0 atom stereocenters. The van der Waals surface area contributed by atoms with E-state index in [1.807, 2.05) is 20.8 Å². The maximum absolute atomic E-state index is 12.1. The van der Waals surface area contributed by atoms with Crippen LogP contribution in [0.15, 0.2) is 12.7 Å². The summed E-state index contributed by atoms with van der Waals surface area (Å²) < 4.78 is 10.7. The third-order valence-electron chi connectivity index (χ3n) is 3.75. The molecule has 1 fully saturated rings. The quantitative estimate of drug-likeness (QED) is 0.788. The fourth-order valence-corrected chi connectivity index (χ4v) is 2.52. The molecule has 6 heteroatoms. The smallest absolute Gasteiger partial charge is 0.410 e. The van der Waals surface area contributed by atoms with Gasteiger partial charge in [-0.25, -0.2) is 4.79 Å². The van der Waals surface area contributed by atoms with Gasteiger partial charge < -0.3 is 19.7 Å². The molecule has 1 saturated heterocycles. The Morgan fingerprint density at radius 2 is 1.91 bits per heavy atom. The highest BCUT2D eigenvalue weighted by Gasteiger charge is 2.37. The Bertz CT molecular complexity index is 407. The lowest BCUT2D eigenvalue weighted by Gasteiger charge is -2.41. The molecule has 0 saturated carbocycles. The molecule has 1 aliphatic heterocycles. The zero-order valence-corrected chi connectivity index (χ0v) is 14.1. The summed E-state index contributed by atoms with van der Waals surface area (Å²) in [4.78, 5) is 25.2. The van der Waals surface area contributed by atoms with Crippen LogP contribution in [-0.4, -0.2) is 55.9 Å². The topological polar surface area (TPSA) is 67.9 Å². The highest BCUT2D eigenvalue weighted by molar-refractivity contribution is 5.86. The first-order valence-electron chi connectivity index (χ1n) is 7.58. The van der Waals surface area contributed by atoms with E-state index in [0.29, 0.717) is 26.2 Å². The van der Waals surface area contributed by atoms with Crippen molar-refractivity contribution in [2.75, 3.05) is 33.4 Å². The first-order valence-corrected chi connectivity index (χ1v) is 7.58. The van der Waals surface area contributed by atoms with Crippen LogP contribution >= 0.6 is 0 Å². The molecule has 1 N–H and O–H groups in total. The van der Waals surface area contributed by atoms with E-state index in [4.69, 9.17) is 9.47 Å². The van der Waals surface area contributed by atoms with E-state index in [1.54, 1.807) is 12.0 Å². The fraction of sp³-hybridized carbons (Fsp3) is 0.750. The number of likely N-dealkylation sites (tertiary alicyclic amines) is 1. The summed E-state index contributed by atoms with van der Waals surface area (Å²) in [6, 6.07) is 0. The number of amides is 2. The fourth-order valence-electron chi connectivity index (χ4n) is 2.52. The molecule has 22 heavy (non-hydrogen) atoms. The minimum Gasteiger partial charge on any atom is -0.444 e. The number of carbonyl (C=O) groups excluding carboxylic acids is 2. The van der Waals surface area contributed by atoms with Gasteiger partial charge in [-0.3, -0.25) is 4.79 Å². The molecule has 2 amide bonds. The summed E-state index contributed by atoms with van der Waals surface area (Å²) in [6.45, 7) is 11.3. The number of piperidine rings is 1. The van der Waals surface area contributed by atoms with E-state index in [2.05, 4.69) is 11.9 Å². The van der Waals surface area contributed by atoms with Crippen LogP contribution < -0.4 is 5.32 Å². The van der Waals surface area contributed by atoms with Crippen molar-refractivity contribution in [2.45, 2.75) is 39.2 Å². The number of carbonyl (C=O) groups is 2. The molecule has 0 unspecified atom stereocenters. The number of rotatable bonds is 5. The van der Waals surface area contributed by atoms with Gasteiger partial charge in [-0.15, -0.1) is 0 Å². The molecule has 0 aliphatic carbocycles. The zero-order valence-electron chi connectivity index (χ0n) is 14.1. The second kappa shape index (κ2) is 7.63. The summed E-state index contributed by atoms with van der Waals surface area (Å²) >= 11 is 0. The monoisotopic (exact) mass is 312 g/mol. The summed E-state index contributed by atoms with van der Waals surface area (Å²) in [6.07, 6.45) is 2.50. The molecule has 0 aromatic heterocycles. The lowest BCUT2D eigenvalue weighted by atomic mass is 9.79. The largest absolute Gasteiger partial charge is 0.444 e. The van der Waals surface area contributed by atoms with Gasteiger partial charge in [0.05, 0.1) is 6.61 Å². The lowest BCUT2D eigenvalue weighted by molar-refractivity contribution is -0.117. The Kier molecular flexibility index (Phi) is 6.41. The predicted octanol–water partition coefficient (Wildman–Crippen LogP) is 1.95. The van der Waals surface area contributed by atoms with Gasteiger partial charge in [0.2, 0.25) is 5.91 Å². The van der Waals surface area contributed by atoms with E-state index in [0.717, 1.165) is 12.8 Å². The first kappa shape index (κ1) is 18.5. The van der Waals surface area contributed by atoms with E-state index >= 15 is 0 Å². The van der Waals surface area contributed by atoms with Crippen molar-refractivity contribution < 1.29 is 19.1 Å². The Morgan fingerprint density at radius 1 is 1.32 bits per heavy atom. The summed E-state index contributed by atoms with van der Waals surface area (Å²) in [5, 5.41) is 2.84. The van der Waals surface area contributed by atoms with Crippen LogP contribution in [0.2, 0.25) is 0 Å². The van der Waals surface area contributed by atoms with E-state index in [-0.39, 0.29) is 17.4 Å². The summed E-state index contributed by atoms with van der Waals surface area (Å²) in [5.41, 5.74) is -0.637. The Labute approximate surface area is 132 Å². The molecule has 1 heterocycles. The van der Waals surface area contributed by atoms with Gasteiger partial charge in [0.25, 0.3) is 0 Å². The first-order chi connectivity index (χ1) is 10.2. The summed E-state index contributed by atoms with van der Waals surface area (Å²) in [5.74, 6) is -0.190. The Balaban J connectivity index is 2.59. The van der Waals surface area contributed by atoms with Crippen LogP contribution in [0, 0.1) is 5.41 Å². The molecule has 0 bridgehead atoms. The van der Waals surface area contributed by atoms with Crippen LogP contribution in [0.5, 0.6) is 0 Å². The molecular weight excluding hydrogens is 284 g/mol. The van der Waals surface area contributed by atoms with Crippen LogP contribution in [0.25, 0.3) is 0 Å². The van der Waals surface area contributed by atoms with Crippen LogP contribution in [0.1, 0.15) is 33.6 Å². The highest BCUT2D eigenvalue weighted by atomic mass is 16.6. The molecule has 6 nitrogen and oxygen atoms in total. The lowest BCUT2D eigenvalue weighted by Crippen LogP contribution is -2.50. The number of ether oxygens (including phenoxy) is 2. The molecule has 1 rings (SSSR count). The van der Waals surface area contributed by atoms with Gasteiger partial charge in [0, 0.05) is 32.2 Å². The van der Waals surface area contributed by atoms with Gasteiger partial charge in [0.15, 0.2) is 0 Å². The van der Waals surface area contributed by atoms with Crippen molar-refractivity contribution >= 4 is 12.0 Å². The van der Waals surface area contributed by atoms with Crippen LogP contribution in [0.4, 0.5) is 4.79 Å². The van der Waals surface area contributed by atoms with Crippen molar-refractivity contribution in [3.63, 3.8) is 0 Å². The van der Waals surface area contributed by atoms with Crippen LogP contribution in [0.3, 0.4) is 0 Å². The number of methoxy groups -OCH3 is 1. The minimum absolute atomic E-state index is 0.147. The molecule has 1 aliphatic rings. The second-order valence-electron chi connectivity index (χ2n) is 6.82. The summed E-state index contributed by atoms with van der Waals surface area (Å²) in [7, 11) is 1.65. The maximum Gasteiger partial charge on any atom is 0.410 e. The van der Waals surface area contributed by atoms with E-state index in [9.17, 15) is 9.59 Å². The van der Waals surface area contributed by atoms with Gasteiger partial charge in [-0.1, -0.05) is 6.58 Å². The molecule has 0 aromatic rings.